The molecule has 0 unspecified atom stereocenters. The van der Waals surface area contributed by atoms with Gasteiger partial charge in [-0.15, -0.1) is 11.4 Å². The van der Waals surface area contributed by atoms with Gasteiger partial charge in [-0.05, 0) is 37.6 Å². The van der Waals surface area contributed by atoms with Crippen LogP contribution in [0.15, 0.2) is 40.0 Å². The third kappa shape index (κ3) is 4.83. The number of hydrogen-bond acceptors (Lipinski definition) is 7. The van der Waals surface area contributed by atoms with E-state index in [2.05, 4.69) is 5.10 Å². The number of hydrogen-bond donors (Lipinski definition) is 0. The smallest absolute Gasteiger partial charge is 0.877 e. The molecule has 1 heterocycles. The molecule has 118 valence electrons. The molecule has 1 aliphatic rings. The van der Waals surface area contributed by atoms with Crippen LogP contribution in [0.5, 0.6) is 0 Å². The molecule has 2 rings (SSSR count). The molecule has 0 saturated heterocycles. The van der Waals surface area contributed by atoms with Gasteiger partial charge in [0.25, 0.3) is 5.91 Å². The van der Waals surface area contributed by atoms with E-state index >= 15 is 0 Å². The third-order valence-electron chi connectivity index (χ3n) is 2.93. The van der Waals surface area contributed by atoms with E-state index in [4.69, 9.17) is 4.74 Å². The molecule has 0 N–H and O–H groups in total. The first-order chi connectivity index (χ1) is 10.3. The second-order valence-corrected chi connectivity index (χ2v) is 5.77. The fraction of sp³-hybridized carbons (Fsp3) is 0.231. The first kappa shape index (κ1) is 23.6. The zero-order valence-corrected chi connectivity index (χ0v) is 18.6. The zero-order valence-electron chi connectivity index (χ0n) is 13.8. The van der Waals surface area contributed by atoms with Crippen LogP contribution >= 0.6 is 0 Å². The molecule has 0 aliphatic carbocycles. The molecule has 0 saturated carbocycles. The van der Waals surface area contributed by atoms with Gasteiger partial charge in [0, 0.05) is 0 Å². The monoisotopic (exact) mass is 370 g/mol. The van der Waals surface area contributed by atoms with Crippen molar-refractivity contribution in [2.24, 2.45) is 5.10 Å². The maximum absolute atomic E-state index is 12.1. The van der Waals surface area contributed by atoms with E-state index in [1.54, 1.807) is 6.92 Å². The van der Waals surface area contributed by atoms with Crippen molar-refractivity contribution in [1.29, 1.82) is 0 Å². The van der Waals surface area contributed by atoms with Crippen molar-refractivity contribution in [2.45, 2.75) is 18.7 Å². The van der Waals surface area contributed by atoms with Crippen LogP contribution in [0.3, 0.4) is 0 Å². The van der Waals surface area contributed by atoms with Crippen LogP contribution in [0.25, 0.3) is 0 Å². The molecule has 0 fully saturated rings. The molecule has 0 atom stereocenters. The quantitative estimate of drug-likeness (QED) is 0.226. The number of benzene rings is 1. The first-order valence-electron chi connectivity index (χ1n) is 6.24. The van der Waals surface area contributed by atoms with Crippen molar-refractivity contribution in [3.8, 4) is 0 Å². The molecule has 0 bridgehead atoms. The average Bonchev–Trinajstić information content (AvgIpc) is 2.74. The largest absolute Gasteiger partial charge is 1.00 e. The minimum Gasteiger partial charge on any atom is -0.877 e. The SMILES string of the molecule is CCOC1=NN(c2ccc(S(=O)(=O)[O-])cc2C)C(=O)/C1=C\[O-].[Na+].[Na+]. The van der Waals surface area contributed by atoms with Crippen molar-refractivity contribution >= 4 is 27.6 Å². The number of anilines is 1. The minimum atomic E-state index is -4.59. The first-order valence-corrected chi connectivity index (χ1v) is 7.65. The van der Waals surface area contributed by atoms with Crippen LogP contribution in [-0.2, 0) is 19.6 Å². The van der Waals surface area contributed by atoms with E-state index in [0.29, 0.717) is 11.8 Å². The molecular formula is C13H12N2Na2O6S. The second kappa shape index (κ2) is 9.35. The van der Waals surface area contributed by atoms with Crippen molar-refractivity contribution in [2.75, 3.05) is 11.6 Å². The van der Waals surface area contributed by atoms with Gasteiger partial charge in [-0.25, -0.2) is 8.42 Å². The topological polar surface area (TPSA) is 122 Å². The van der Waals surface area contributed by atoms with E-state index < -0.39 is 20.9 Å². The Balaban J connectivity index is 0.00000264. The van der Waals surface area contributed by atoms with Gasteiger partial charge in [-0.1, -0.05) is 0 Å². The van der Waals surface area contributed by atoms with Crippen LogP contribution in [0.2, 0.25) is 0 Å². The van der Waals surface area contributed by atoms with Crippen LogP contribution in [0.4, 0.5) is 5.69 Å². The predicted molar refractivity (Wildman–Crippen MR) is 73.8 cm³/mol. The Kier molecular flexibility index (Phi) is 9.20. The summed E-state index contributed by atoms with van der Waals surface area (Å²) in [5, 5.41) is 15.8. The van der Waals surface area contributed by atoms with Gasteiger partial charge in [0.1, 0.15) is 10.1 Å². The average molecular weight is 370 g/mol. The molecular weight excluding hydrogens is 358 g/mol. The summed E-state index contributed by atoms with van der Waals surface area (Å²) in [5.74, 6) is -0.776. The molecule has 1 amide bonds. The Morgan fingerprint density at radius 2 is 1.96 bits per heavy atom. The third-order valence-corrected chi connectivity index (χ3v) is 3.76. The summed E-state index contributed by atoms with van der Waals surface area (Å²) >= 11 is 0. The van der Waals surface area contributed by atoms with E-state index in [9.17, 15) is 22.9 Å². The Morgan fingerprint density at radius 3 is 2.42 bits per heavy atom. The second-order valence-electron chi connectivity index (χ2n) is 4.39. The minimum absolute atomic E-state index is 0. The van der Waals surface area contributed by atoms with Crippen molar-refractivity contribution in [3.05, 3.63) is 35.6 Å². The summed E-state index contributed by atoms with van der Waals surface area (Å²) in [6.45, 7) is 3.42. The summed E-state index contributed by atoms with van der Waals surface area (Å²) in [5.41, 5.74) is 0.380. The molecule has 24 heavy (non-hydrogen) atoms. The molecule has 1 aliphatic heterocycles. The molecule has 0 spiro atoms. The zero-order chi connectivity index (χ0) is 16.5. The molecule has 1 aromatic rings. The maximum atomic E-state index is 12.1. The van der Waals surface area contributed by atoms with Crippen LogP contribution in [-0.4, -0.2) is 31.4 Å². The van der Waals surface area contributed by atoms with Gasteiger partial charge in [-0.3, -0.25) is 4.79 Å². The van der Waals surface area contributed by atoms with Crippen molar-refractivity contribution in [3.63, 3.8) is 0 Å². The number of carbonyl (C=O) groups is 1. The van der Waals surface area contributed by atoms with Gasteiger partial charge in [0.2, 0.25) is 5.90 Å². The van der Waals surface area contributed by atoms with Gasteiger partial charge < -0.3 is 14.4 Å². The van der Waals surface area contributed by atoms with Crippen LogP contribution < -0.4 is 69.2 Å². The Bertz CT molecular complexity index is 792. The van der Waals surface area contributed by atoms with Gasteiger partial charge in [-0.2, -0.15) is 5.01 Å². The van der Waals surface area contributed by atoms with Gasteiger partial charge >= 0.3 is 59.1 Å². The standard InChI is InChI=1S/C13H14N2O6S.2Na/c1-3-21-12-10(7-16)13(17)15(14-12)11-5-4-9(6-8(11)2)22(18,19)20;;/h4-7,16H,3H2,1-2H3,(H,18,19,20);;/q;2*+1/p-2/b10-7-;;. The number of amides is 1. The molecule has 11 heteroatoms. The fourth-order valence-electron chi connectivity index (χ4n) is 1.92. The molecule has 1 aromatic carbocycles. The van der Waals surface area contributed by atoms with Crippen LogP contribution in [0.1, 0.15) is 12.5 Å². The van der Waals surface area contributed by atoms with Gasteiger partial charge in [0.05, 0.1) is 22.8 Å². The molecule has 8 nitrogen and oxygen atoms in total. The normalized spacial score (nSPS) is 15.6. The predicted octanol–water partition coefficient (Wildman–Crippen LogP) is -6.15. The summed E-state index contributed by atoms with van der Waals surface area (Å²) < 4.78 is 38.1. The van der Waals surface area contributed by atoms with Crippen molar-refractivity contribution < 1.29 is 86.7 Å². The summed E-state index contributed by atoms with van der Waals surface area (Å²) in [6.07, 6.45) is 0.350. The number of nitrogens with zero attached hydrogens (tertiary/aromatic N) is 2. The van der Waals surface area contributed by atoms with E-state index in [1.165, 1.54) is 13.0 Å². The van der Waals surface area contributed by atoms with E-state index in [1.807, 2.05) is 0 Å². The Hall–Kier alpha value is -0.390. The van der Waals surface area contributed by atoms with E-state index in [-0.39, 0.29) is 82.9 Å². The number of rotatable bonds is 3. The molecule has 0 aromatic heterocycles. The fourth-order valence-corrected chi connectivity index (χ4v) is 2.48. The maximum Gasteiger partial charge on any atom is 1.00 e. The number of carbonyl (C=O) groups excluding carboxylic acids is 1. The van der Waals surface area contributed by atoms with Crippen LogP contribution in [0, 0.1) is 6.92 Å². The summed E-state index contributed by atoms with van der Waals surface area (Å²) in [4.78, 5) is 11.7. The van der Waals surface area contributed by atoms with Crippen molar-refractivity contribution in [1.82, 2.24) is 0 Å². The Labute approximate surface area is 183 Å². The summed E-state index contributed by atoms with van der Waals surface area (Å²) in [7, 11) is -4.59. The van der Waals surface area contributed by atoms with E-state index in [0.717, 1.165) is 17.1 Å². The van der Waals surface area contributed by atoms with Gasteiger partial charge in [0.15, 0.2) is 0 Å². The molecule has 0 radical (unpaired) electrons. The number of hydrazone groups is 1. The number of ether oxygens (including phenoxy) is 1. The number of aryl methyl sites for hydroxylation is 1. The Morgan fingerprint density at radius 1 is 1.33 bits per heavy atom. The summed E-state index contributed by atoms with van der Waals surface area (Å²) in [6, 6.07) is 3.49.